The molecule has 2 heterocycles. The van der Waals surface area contributed by atoms with Crippen molar-refractivity contribution in [2.24, 2.45) is 0 Å². The van der Waals surface area contributed by atoms with Gasteiger partial charge in [0.15, 0.2) is 0 Å². The molecule has 0 radical (unpaired) electrons. The van der Waals surface area contributed by atoms with Gasteiger partial charge < -0.3 is 18.8 Å². The number of aromatic nitrogens is 2. The molecular weight excluding hydrogens is 448 g/mol. The number of rotatable bonds is 7. The molecule has 0 bridgehead atoms. The van der Waals surface area contributed by atoms with Gasteiger partial charge in [0.05, 0.1) is 23.7 Å². The number of fused-ring (bicyclic) bond motifs is 1. The minimum atomic E-state index is -0.375. The first kappa shape index (κ1) is 22.8. The Kier molecular flexibility index (Phi) is 6.90. The smallest absolute Gasteiger partial charge is 0.260 e. The average Bonchev–Trinajstić information content (AvgIpc) is 3.15. The summed E-state index contributed by atoms with van der Waals surface area (Å²) in [5.41, 5.74) is 1.75. The number of carbonyl (C=O) groups is 2. The van der Waals surface area contributed by atoms with Crippen LogP contribution in [0.15, 0.2) is 46.9 Å². The van der Waals surface area contributed by atoms with Gasteiger partial charge in [0.25, 0.3) is 5.91 Å². The lowest BCUT2D eigenvalue weighted by Crippen LogP contribution is -2.40. The van der Waals surface area contributed by atoms with E-state index in [2.05, 4.69) is 10.2 Å². The van der Waals surface area contributed by atoms with Crippen molar-refractivity contribution in [2.45, 2.75) is 20.0 Å². The third-order valence-electron chi connectivity index (χ3n) is 5.16. The van der Waals surface area contributed by atoms with E-state index in [0.717, 1.165) is 5.56 Å². The SMILES string of the molecule is COCCOc1ccc(C(=O)N2CC(=O)N(Cc3nnc(C)o3)Cc3ccccc32)c(Cl)c1. The third kappa shape index (κ3) is 5.15. The number of aryl methyl sites for hydroxylation is 1. The van der Waals surface area contributed by atoms with E-state index in [1.807, 2.05) is 24.3 Å². The number of hydrogen-bond acceptors (Lipinski definition) is 7. The highest BCUT2D eigenvalue weighted by Gasteiger charge is 2.31. The van der Waals surface area contributed by atoms with Crippen LogP contribution in [0.25, 0.3) is 0 Å². The van der Waals surface area contributed by atoms with Crippen molar-refractivity contribution < 1.29 is 23.5 Å². The third-order valence-corrected chi connectivity index (χ3v) is 5.47. The number of amides is 2. The lowest BCUT2D eigenvalue weighted by atomic mass is 10.1. The van der Waals surface area contributed by atoms with Crippen LogP contribution in [0.1, 0.15) is 27.7 Å². The Morgan fingerprint density at radius 2 is 1.97 bits per heavy atom. The largest absolute Gasteiger partial charge is 0.491 e. The van der Waals surface area contributed by atoms with Gasteiger partial charge in [0.1, 0.15) is 18.9 Å². The van der Waals surface area contributed by atoms with Crippen molar-refractivity contribution in [3.05, 3.63) is 70.4 Å². The summed E-state index contributed by atoms with van der Waals surface area (Å²) in [5, 5.41) is 8.04. The lowest BCUT2D eigenvalue weighted by Gasteiger charge is -2.23. The predicted octanol–water partition coefficient (Wildman–Crippen LogP) is 3.25. The highest BCUT2D eigenvalue weighted by atomic mass is 35.5. The molecule has 0 spiro atoms. The summed E-state index contributed by atoms with van der Waals surface area (Å²) in [7, 11) is 1.59. The number of benzene rings is 2. The van der Waals surface area contributed by atoms with Crippen LogP contribution >= 0.6 is 11.6 Å². The fourth-order valence-electron chi connectivity index (χ4n) is 3.56. The first-order valence-corrected chi connectivity index (χ1v) is 10.7. The van der Waals surface area contributed by atoms with Gasteiger partial charge in [0, 0.05) is 26.3 Å². The molecule has 2 amide bonds. The second kappa shape index (κ2) is 10.0. The van der Waals surface area contributed by atoms with Crippen LogP contribution in [0.2, 0.25) is 5.02 Å². The maximum absolute atomic E-state index is 13.5. The molecule has 0 saturated carbocycles. The van der Waals surface area contributed by atoms with E-state index in [1.165, 1.54) is 4.90 Å². The Hall–Kier alpha value is -3.43. The monoisotopic (exact) mass is 470 g/mol. The van der Waals surface area contributed by atoms with Crippen LogP contribution in [-0.2, 0) is 22.6 Å². The molecule has 2 aromatic carbocycles. The number of methoxy groups -OCH3 is 1. The Morgan fingerprint density at radius 3 is 2.70 bits per heavy atom. The molecular formula is C23H23ClN4O5. The summed E-state index contributed by atoms with van der Waals surface area (Å²) in [6, 6.07) is 12.3. The van der Waals surface area contributed by atoms with Crippen LogP contribution in [0, 0.1) is 6.92 Å². The number of ether oxygens (including phenoxy) is 2. The quantitative estimate of drug-likeness (QED) is 0.489. The van der Waals surface area contributed by atoms with E-state index in [1.54, 1.807) is 37.1 Å². The number of nitrogens with zero attached hydrogens (tertiary/aromatic N) is 4. The van der Waals surface area contributed by atoms with Gasteiger partial charge in [-0.15, -0.1) is 10.2 Å². The Balaban J connectivity index is 1.60. The molecule has 9 nitrogen and oxygen atoms in total. The molecule has 0 atom stereocenters. The van der Waals surface area contributed by atoms with Crippen LogP contribution in [-0.4, -0.2) is 53.8 Å². The van der Waals surface area contributed by atoms with E-state index in [-0.39, 0.29) is 35.5 Å². The molecule has 0 unspecified atom stereocenters. The summed E-state index contributed by atoms with van der Waals surface area (Å²) in [5.74, 6) is 0.673. The molecule has 172 valence electrons. The van der Waals surface area contributed by atoms with Gasteiger partial charge in [-0.1, -0.05) is 29.8 Å². The first-order chi connectivity index (χ1) is 16.0. The Bertz CT molecular complexity index is 1170. The van der Waals surface area contributed by atoms with Gasteiger partial charge >= 0.3 is 0 Å². The zero-order valence-electron chi connectivity index (χ0n) is 18.3. The molecule has 10 heteroatoms. The fourth-order valence-corrected chi connectivity index (χ4v) is 3.81. The summed E-state index contributed by atoms with van der Waals surface area (Å²) < 4.78 is 16.0. The van der Waals surface area contributed by atoms with E-state index < -0.39 is 0 Å². The fraction of sp³-hybridized carbons (Fsp3) is 0.304. The second-order valence-electron chi connectivity index (χ2n) is 7.47. The van der Waals surface area contributed by atoms with Crippen LogP contribution in [0.5, 0.6) is 5.75 Å². The van der Waals surface area contributed by atoms with Crippen LogP contribution in [0.3, 0.4) is 0 Å². The van der Waals surface area contributed by atoms with Gasteiger partial charge in [0.2, 0.25) is 17.7 Å². The number of anilines is 1. The number of hydrogen-bond donors (Lipinski definition) is 0. The van der Waals surface area contributed by atoms with E-state index >= 15 is 0 Å². The summed E-state index contributed by atoms with van der Waals surface area (Å²) in [6.07, 6.45) is 0. The van der Waals surface area contributed by atoms with Crippen molar-refractivity contribution in [3.63, 3.8) is 0 Å². The number of para-hydroxylation sites is 1. The summed E-state index contributed by atoms with van der Waals surface area (Å²) in [6.45, 7) is 2.80. The van der Waals surface area contributed by atoms with Gasteiger partial charge in [-0.3, -0.25) is 14.5 Å². The number of carbonyl (C=O) groups excluding carboxylic acids is 2. The maximum atomic E-state index is 13.5. The molecule has 0 fully saturated rings. The molecule has 3 aromatic rings. The van der Waals surface area contributed by atoms with E-state index in [4.69, 9.17) is 25.5 Å². The topological polar surface area (TPSA) is 98.0 Å². The van der Waals surface area contributed by atoms with Crippen LogP contribution in [0.4, 0.5) is 5.69 Å². The molecule has 1 aliphatic rings. The van der Waals surface area contributed by atoms with Gasteiger partial charge in [-0.2, -0.15) is 0 Å². The Labute approximate surface area is 195 Å². The van der Waals surface area contributed by atoms with E-state index in [9.17, 15) is 9.59 Å². The van der Waals surface area contributed by atoms with Crippen molar-refractivity contribution in [1.82, 2.24) is 15.1 Å². The van der Waals surface area contributed by atoms with Gasteiger partial charge in [-0.05, 0) is 29.8 Å². The molecule has 0 saturated heterocycles. The molecule has 0 aliphatic carbocycles. The lowest BCUT2D eigenvalue weighted by molar-refractivity contribution is -0.131. The zero-order valence-corrected chi connectivity index (χ0v) is 19.0. The zero-order chi connectivity index (χ0) is 23.4. The predicted molar refractivity (Wildman–Crippen MR) is 120 cm³/mol. The molecule has 1 aliphatic heterocycles. The van der Waals surface area contributed by atoms with Crippen molar-refractivity contribution in [3.8, 4) is 5.75 Å². The van der Waals surface area contributed by atoms with E-state index in [0.29, 0.717) is 43.0 Å². The number of halogens is 1. The van der Waals surface area contributed by atoms with Crippen molar-refractivity contribution in [1.29, 1.82) is 0 Å². The normalized spacial score (nSPS) is 13.6. The summed E-state index contributed by atoms with van der Waals surface area (Å²) >= 11 is 6.42. The minimum Gasteiger partial charge on any atom is -0.491 e. The van der Waals surface area contributed by atoms with Gasteiger partial charge in [-0.25, -0.2) is 0 Å². The van der Waals surface area contributed by atoms with Crippen molar-refractivity contribution >= 4 is 29.1 Å². The van der Waals surface area contributed by atoms with Crippen LogP contribution < -0.4 is 9.64 Å². The first-order valence-electron chi connectivity index (χ1n) is 10.3. The Morgan fingerprint density at radius 1 is 1.15 bits per heavy atom. The van der Waals surface area contributed by atoms with Crippen molar-refractivity contribution in [2.75, 3.05) is 31.8 Å². The highest BCUT2D eigenvalue weighted by Crippen LogP contribution is 2.30. The molecule has 1 aromatic heterocycles. The molecule has 4 rings (SSSR count). The molecule has 33 heavy (non-hydrogen) atoms. The minimum absolute atomic E-state index is 0.147. The standard InChI is InChI=1S/C23H23ClN4O5/c1-15-25-26-21(33-15)13-27-12-16-5-3-4-6-20(16)28(14-22(27)29)23(30)18-8-7-17(11-19(18)24)32-10-9-31-2/h3-8,11H,9-10,12-14H2,1-2H3. The maximum Gasteiger partial charge on any atom is 0.260 e. The summed E-state index contributed by atoms with van der Waals surface area (Å²) in [4.78, 5) is 29.6. The second-order valence-corrected chi connectivity index (χ2v) is 7.87. The highest BCUT2D eigenvalue weighted by molar-refractivity contribution is 6.34. The average molecular weight is 471 g/mol. The molecule has 0 N–H and O–H groups in total.